The molecular formula is C12H12BrClN2O3. The molecule has 1 aromatic rings. The monoisotopic (exact) mass is 346 g/mol. The summed E-state index contributed by atoms with van der Waals surface area (Å²) in [4.78, 5) is 28.9. The Labute approximate surface area is 123 Å². The lowest BCUT2D eigenvalue weighted by Gasteiger charge is -2.20. The van der Waals surface area contributed by atoms with E-state index in [2.05, 4.69) is 20.9 Å². The van der Waals surface area contributed by atoms with Crippen molar-refractivity contribution in [1.82, 2.24) is 9.88 Å². The Balaban J connectivity index is 2.22. The van der Waals surface area contributed by atoms with Crippen molar-refractivity contribution in [2.45, 2.75) is 13.3 Å². The molecule has 102 valence electrons. The molecule has 0 aromatic carbocycles. The maximum atomic E-state index is 12.3. The molecule has 0 saturated carbocycles. The number of amides is 1. The van der Waals surface area contributed by atoms with E-state index in [9.17, 15) is 9.59 Å². The minimum Gasteiger partial charge on any atom is -0.481 e. The Morgan fingerprint density at radius 3 is 2.84 bits per heavy atom. The van der Waals surface area contributed by atoms with Crippen LogP contribution < -0.4 is 0 Å². The molecule has 19 heavy (non-hydrogen) atoms. The Morgan fingerprint density at radius 2 is 2.26 bits per heavy atom. The number of carbonyl (C=O) groups excluding carboxylic acids is 1. The van der Waals surface area contributed by atoms with Crippen LogP contribution in [0.25, 0.3) is 0 Å². The summed E-state index contributed by atoms with van der Waals surface area (Å²) >= 11 is 9.14. The summed E-state index contributed by atoms with van der Waals surface area (Å²) in [7, 11) is 0. The predicted molar refractivity (Wildman–Crippen MR) is 73.2 cm³/mol. The fourth-order valence-corrected chi connectivity index (χ4v) is 2.57. The van der Waals surface area contributed by atoms with Gasteiger partial charge in [0.2, 0.25) is 0 Å². The Kier molecular flexibility index (Phi) is 3.82. The van der Waals surface area contributed by atoms with Crippen LogP contribution in [0.4, 0.5) is 0 Å². The van der Waals surface area contributed by atoms with E-state index in [0.29, 0.717) is 17.4 Å². The molecule has 0 aliphatic carbocycles. The lowest BCUT2D eigenvalue weighted by molar-refractivity contribution is -0.147. The maximum Gasteiger partial charge on any atom is 0.311 e. The maximum absolute atomic E-state index is 12.3. The molecule has 2 heterocycles. The zero-order valence-corrected chi connectivity index (χ0v) is 12.5. The topological polar surface area (TPSA) is 70.5 Å². The molecule has 7 heteroatoms. The molecule has 1 amide bonds. The SMILES string of the molecule is CC1(C(=O)O)CCN(C(=O)c2cc(Br)cnc2Cl)C1. The van der Waals surface area contributed by atoms with Gasteiger partial charge in [0.25, 0.3) is 5.91 Å². The van der Waals surface area contributed by atoms with Crippen LogP contribution in [0.3, 0.4) is 0 Å². The van der Waals surface area contributed by atoms with E-state index in [4.69, 9.17) is 16.7 Å². The van der Waals surface area contributed by atoms with Crippen LogP contribution in [0.15, 0.2) is 16.7 Å². The van der Waals surface area contributed by atoms with Crippen LogP contribution in [0.1, 0.15) is 23.7 Å². The fourth-order valence-electron chi connectivity index (χ4n) is 2.05. The lowest BCUT2D eigenvalue weighted by atomic mass is 9.90. The van der Waals surface area contributed by atoms with Crippen molar-refractivity contribution in [3.05, 3.63) is 27.5 Å². The number of aliphatic carboxylic acids is 1. The summed E-state index contributed by atoms with van der Waals surface area (Å²) in [5.74, 6) is -1.18. The summed E-state index contributed by atoms with van der Waals surface area (Å²) in [6, 6.07) is 1.59. The standard InChI is InChI=1S/C12H12BrClN2O3/c1-12(11(18)19)2-3-16(6-12)10(17)8-4-7(13)5-15-9(8)14/h4-5H,2-3,6H2,1H3,(H,18,19). The number of pyridine rings is 1. The van der Waals surface area contributed by atoms with Crippen LogP contribution in [0.2, 0.25) is 5.15 Å². The highest BCUT2D eigenvalue weighted by Gasteiger charge is 2.42. The molecule has 1 atom stereocenters. The molecule has 2 rings (SSSR count). The van der Waals surface area contributed by atoms with Crippen LogP contribution in [-0.2, 0) is 4.79 Å². The van der Waals surface area contributed by atoms with Crippen molar-refractivity contribution in [1.29, 1.82) is 0 Å². The van der Waals surface area contributed by atoms with Gasteiger partial charge in [-0.25, -0.2) is 4.98 Å². The summed E-state index contributed by atoms with van der Waals surface area (Å²) in [6.07, 6.45) is 1.94. The number of aromatic nitrogens is 1. The third-order valence-electron chi connectivity index (χ3n) is 3.31. The van der Waals surface area contributed by atoms with Crippen molar-refractivity contribution < 1.29 is 14.7 Å². The number of carboxylic acid groups (broad SMARTS) is 1. The molecule has 1 aromatic heterocycles. The lowest BCUT2D eigenvalue weighted by Crippen LogP contribution is -2.35. The minimum atomic E-state index is -0.888. The second kappa shape index (κ2) is 5.09. The second-order valence-corrected chi connectivity index (χ2v) is 6.11. The van der Waals surface area contributed by atoms with Crippen molar-refractivity contribution in [2.75, 3.05) is 13.1 Å². The molecule has 1 N–H and O–H groups in total. The average Bonchev–Trinajstić information content (AvgIpc) is 2.76. The molecule has 1 saturated heterocycles. The molecule has 5 nitrogen and oxygen atoms in total. The number of halogens is 2. The Morgan fingerprint density at radius 1 is 1.58 bits per heavy atom. The van der Waals surface area contributed by atoms with Gasteiger partial charge in [0, 0.05) is 23.8 Å². The van der Waals surface area contributed by atoms with Gasteiger partial charge in [0.15, 0.2) is 0 Å². The largest absolute Gasteiger partial charge is 0.481 e. The van der Waals surface area contributed by atoms with E-state index in [1.54, 1.807) is 13.0 Å². The number of carbonyl (C=O) groups is 2. The highest BCUT2D eigenvalue weighted by atomic mass is 79.9. The van der Waals surface area contributed by atoms with Gasteiger partial charge in [0.1, 0.15) is 5.15 Å². The molecule has 0 bridgehead atoms. The molecule has 0 spiro atoms. The molecular weight excluding hydrogens is 336 g/mol. The highest BCUT2D eigenvalue weighted by molar-refractivity contribution is 9.10. The van der Waals surface area contributed by atoms with Gasteiger partial charge in [0.05, 0.1) is 11.0 Å². The van der Waals surface area contributed by atoms with Gasteiger partial charge < -0.3 is 10.0 Å². The highest BCUT2D eigenvalue weighted by Crippen LogP contribution is 2.32. The first-order chi connectivity index (χ1) is 8.83. The van der Waals surface area contributed by atoms with Crippen LogP contribution in [0.5, 0.6) is 0 Å². The van der Waals surface area contributed by atoms with Crippen LogP contribution in [0, 0.1) is 5.41 Å². The van der Waals surface area contributed by atoms with E-state index < -0.39 is 11.4 Å². The summed E-state index contributed by atoms with van der Waals surface area (Å²) < 4.78 is 0.653. The average molecular weight is 348 g/mol. The third kappa shape index (κ3) is 2.74. The quantitative estimate of drug-likeness (QED) is 0.834. The molecule has 1 unspecified atom stereocenters. The van der Waals surface area contributed by atoms with Crippen LogP contribution >= 0.6 is 27.5 Å². The number of nitrogens with zero attached hydrogens (tertiary/aromatic N) is 2. The van der Waals surface area contributed by atoms with Gasteiger partial charge in [-0.2, -0.15) is 0 Å². The van der Waals surface area contributed by atoms with Gasteiger partial charge in [-0.15, -0.1) is 0 Å². The minimum absolute atomic E-state index is 0.122. The number of carboxylic acids is 1. The fraction of sp³-hybridized carbons (Fsp3) is 0.417. The van der Waals surface area contributed by atoms with Gasteiger partial charge in [-0.05, 0) is 35.3 Å². The first kappa shape index (κ1) is 14.3. The van der Waals surface area contributed by atoms with Crippen molar-refractivity contribution in [3.63, 3.8) is 0 Å². The van der Waals surface area contributed by atoms with E-state index >= 15 is 0 Å². The van der Waals surface area contributed by atoms with Gasteiger partial charge in [-0.1, -0.05) is 11.6 Å². The van der Waals surface area contributed by atoms with E-state index in [0.717, 1.165) is 0 Å². The predicted octanol–water partition coefficient (Wildman–Crippen LogP) is 2.43. The van der Waals surface area contributed by atoms with Crippen molar-refractivity contribution in [2.24, 2.45) is 5.41 Å². The summed E-state index contributed by atoms with van der Waals surface area (Å²) in [6.45, 7) is 2.23. The molecule has 1 fully saturated rings. The molecule has 1 aliphatic heterocycles. The zero-order valence-electron chi connectivity index (χ0n) is 10.2. The normalized spacial score (nSPS) is 22.6. The number of hydrogen-bond acceptors (Lipinski definition) is 3. The van der Waals surface area contributed by atoms with E-state index in [1.165, 1.54) is 11.1 Å². The summed E-state index contributed by atoms with van der Waals surface area (Å²) in [5.41, 5.74) is -0.604. The third-order valence-corrected chi connectivity index (χ3v) is 4.05. The van der Waals surface area contributed by atoms with Crippen LogP contribution in [-0.4, -0.2) is 40.0 Å². The summed E-state index contributed by atoms with van der Waals surface area (Å²) in [5, 5.41) is 9.28. The number of likely N-dealkylation sites (tertiary alicyclic amines) is 1. The molecule has 0 radical (unpaired) electrons. The van der Waals surface area contributed by atoms with E-state index in [1.807, 2.05) is 0 Å². The van der Waals surface area contributed by atoms with Crippen molar-refractivity contribution in [3.8, 4) is 0 Å². The smallest absolute Gasteiger partial charge is 0.311 e. The van der Waals surface area contributed by atoms with Gasteiger partial charge in [-0.3, -0.25) is 9.59 Å². The van der Waals surface area contributed by atoms with Crippen molar-refractivity contribution >= 4 is 39.4 Å². The zero-order chi connectivity index (χ0) is 14.2. The first-order valence-corrected chi connectivity index (χ1v) is 6.84. The first-order valence-electron chi connectivity index (χ1n) is 5.67. The second-order valence-electron chi connectivity index (χ2n) is 4.83. The Bertz CT molecular complexity index is 552. The van der Waals surface area contributed by atoms with E-state index in [-0.39, 0.29) is 23.2 Å². The Hall–Kier alpha value is -1.14. The molecule has 1 aliphatic rings. The number of hydrogen-bond donors (Lipinski definition) is 1. The van der Waals surface area contributed by atoms with Gasteiger partial charge >= 0.3 is 5.97 Å². The number of rotatable bonds is 2.